The summed E-state index contributed by atoms with van der Waals surface area (Å²) < 4.78 is 11.9. The third kappa shape index (κ3) is 9.25. The number of hydrogen-bond donors (Lipinski definition) is 0. The zero-order valence-electron chi connectivity index (χ0n) is 19.8. The predicted octanol–water partition coefficient (Wildman–Crippen LogP) is 7.97. The summed E-state index contributed by atoms with van der Waals surface area (Å²) in [7, 11) is 0. The smallest absolute Gasteiger partial charge is 0.306 e. The molecule has 2 aliphatic carbocycles. The molecule has 2 fully saturated rings. The molecule has 2 atom stereocenters. The van der Waals surface area contributed by atoms with Crippen LogP contribution < -0.4 is 4.74 Å². The molecule has 0 bridgehead atoms. The predicted molar refractivity (Wildman–Crippen MR) is 128 cm³/mol. The van der Waals surface area contributed by atoms with Crippen molar-refractivity contribution < 1.29 is 14.3 Å². The van der Waals surface area contributed by atoms with E-state index >= 15 is 0 Å². The summed E-state index contributed by atoms with van der Waals surface area (Å²) in [5.74, 6) is 2.07. The minimum Gasteiger partial charge on any atom is -0.493 e. The van der Waals surface area contributed by atoms with Crippen molar-refractivity contribution in [1.82, 2.24) is 0 Å². The number of carbonyl (C=O) groups excluding carboxylic acids is 1. The molecule has 2 unspecified atom stereocenters. The van der Waals surface area contributed by atoms with E-state index in [9.17, 15) is 4.79 Å². The minimum absolute atomic E-state index is 0.00392. The lowest BCUT2D eigenvalue weighted by molar-refractivity contribution is -0.151. The lowest BCUT2D eigenvalue weighted by atomic mass is 9.81. The van der Waals surface area contributed by atoms with Crippen molar-refractivity contribution in [2.45, 2.75) is 122 Å². The highest BCUT2D eigenvalue weighted by Gasteiger charge is 2.29. The molecule has 1 aromatic rings. The van der Waals surface area contributed by atoms with Gasteiger partial charge in [0.1, 0.15) is 11.9 Å². The Morgan fingerprint density at radius 3 is 2.16 bits per heavy atom. The van der Waals surface area contributed by atoms with E-state index in [1.165, 1.54) is 69.8 Å². The van der Waals surface area contributed by atoms with Crippen LogP contribution >= 0.6 is 0 Å². The number of ether oxygens (including phenoxy) is 2. The highest BCUT2D eigenvalue weighted by Crippen LogP contribution is 2.36. The third-order valence-electron chi connectivity index (χ3n) is 6.96. The number of carbonyl (C=O) groups is 1. The van der Waals surface area contributed by atoms with Crippen LogP contribution in [0.15, 0.2) is 24.3 Å². The molecule has 3 nitrogen and oxygen atoms in total. The maximum atomic E-state index is 12.5. The Balaban J connectivity index is 1.34. The molecule has 1 aromatic carbocycles. The Kier molecular flexibility index (Phi) is 10.8. The van der Waals surface area contributed by atoms with Gasteiger partial charge in [-0.3, -0.25) is 4.79 Å². The molecule has 2 saturated carbocycles. The van der Waals surface area contributed by atoms with Crippen LogP contribution in [0.25, 0.3) is 0 Å². The Labute approximate surface area is 190 Å². The largest absolute Gasteiger partial charge is 0.493 e. The van der Waals surface area contributed by atoms with Crippen LogP contribution in [-0.2, 0) is 9.53 Å². The van der Waals surface area contributed by atoms with E-state index in [1.54, 1.807) is 0 Å². The van der Waals surface area contributed by atoms with Crippen LogP contribution in [0, 0.1) is 5.92 Å². The zero-order valence-corrected chi connectivity index (χ0v) is 19.8. The highest BCUT2D eigenvalue weighted by atomic mass is 16.5. The second kappa shape index (κ2) is 13.8. The monoisotopic (exact) mass is 428 g/mol. The van der Waals surface area contributed by atoms with Crippen LogP contribution in [0.1, 0.15) is 121 Å². The van der Waals surface area contributed by atoms with Gasteiger partial charge < -0.3 is 9.47 Å². The fourth-order valence-corrected chi connectivity index (χ4v) is 4.74. The fraction of sp³-hybridized carbons (Fsp3) is 0.750. The van der Waals surface area contributed by atoms with Crippen molar-refractivity contribution in [3.05, 3.63) is 29.8 Å². The first-order valence-electron chi connectivity index (χ1n) is 13.2. The van der Waals surface area contributed by atoms with Gasteiger partial charge in [-0.15, -0.1) is 0 Å². The van der Waals surface area contributed by atoms with E-state index < -0.39 is 0 Å². The molecule has 0 N–H and O–H groups in total. The average molecular weight is 429 g/mol. The second-order valence-corrected chi connectivity index (χ2v) is 9.82. The second-order valence-electron chi connectivity index (χ2n) is 9.82. The normalized spacial score (nSPS) is 21.1. The third-order valence-corrected chi connectivity index (χ3v) is 6.96. The van der Waals surface area contributed by atoms with Gasteiger partial charge in [0.25, 0.3) is 0 Å². The molecule has 174 valence electrons. The van der Waals surface area contributed by atoms with Crippen molar-refractivity contribution >= 4 is 5.97 Å². The summed E-state index contributed by atoms with van der Waals surface area (Å²) >= 11 is 0. The van der Waals surface area contributed by atoms with E-state index in [0.717, 1.165) is 50.4 Å². The Morgan fingerprint density at radius 2 is 1.48 bits per heavy atom. The van der Waals surface area contributed by atoms with Crippen LogP contribution in [0.3, 0.4) is 0 Å². The summed E-state index contributed by atoms with van der Waals surface area (Å²) in [6, 6.07) is 8.54. The summed E-state index contributed by atoms with van der Waals surface area (Å²) in [5, 5.41) is 0. The molecule has 0 aliphatic heterocycles. The first kappa shape index (κ1) is 24.1. The zero-order chi connectivity index (χ0) is 21.7. The van der Waals surface area contributed by atoms with Crippen LogP contribution in [0.4, 0.5) is 0 Å². The number of rotatable bonds is 15. The minimum atomic E-state index is 0.00392. The van der Waals surface area contributed by atoms with Crippen LogP contribution in [0.5, 0.6) is 5.75 Å². The molecule has 3 heteroatoms. The van der Waals surface area contributed by atoms with Crippen molar-refractivity contribution in [3.63, 3.8) is 0 Å². The van der Waals surface area contributed by atoms with E-state index in [2.05, 4.69) is 31.2 Å². The van der Waals surface area contributed by atoms with Gasteiger partial charge in [-0.25, -0.2) is 0 Å². The fourth-order valence-electron chi connectivity index (χ4n) is 4.74. The summed E-state index contributed by atoms with van der Waals surface area (Å²) in [6.07, 6.45) is 19.2. The van der Waals surface area contributed by atoms with Gasteiger partial charge in [-0.05, 0) is 62.1 Å². The van der Waals surface area contributed by atoms with E-state index in [0.29, 0.717) is 12.3 Å². The number of hydrogen-bond acceptors (Lipinski definition) is 3. The lowest BCUT2D eigenvalue weighted by Gasteiger charge is -2.31. The lowest BCUT2D eigenvalue weighted by Crippen LogP contribution is -2.28. The molecule has 2 aliphatic rings. The summed E-state index contributed by atoms with van der Waals surface area (Å²) in [5.41, 5.74) is 1.29. The number of esters is 1. The average Bonchev–Trinajstić information content (AvgIpc) is 3.62. The summed E-state index contributed by atoms with van der Waals surface area (Å²) in [6.45, 7) is 3.11. The Bertz CT molecular complexity index is 620. The molecule has 0 radical (unpaired) electrons. The van der Waals surface area contributed by atoms with E-state index in [1.807, 2.05) is 0 Å². The molecule has 0 amide bonds. The van der Waals surface area contributed by atoms with E-state index in [-0.39, 0.29) is 12.1 Å². The van der Waals surface area contributed by atoms with Crippen molar-refractivity contribution in [3.8, 4) is 5.75 Å². The molecule has 0 saturated heterocycles. The first-order chi connectivity index (χ1) is 15.3. The topological polar surface area (TPSA) is 35.5 Å². The molecular formula is C28H44O3. The maximum absolute atomic E-state index is 12.5. The molecule has 31 heavy (non-hydrogen) atoms. The van der Waals surface area contributed by atoms with Gasteiger partial charge in [0.15, 0.2) is 0 Å². The van der Waals surface area contributed by atoms with Crippen molar-refractivity contribution in [2.24, 2.45) is 5.92 Å². The molecule has 3 rings (SSSR count). The first-order valence-corrected chi connectivity index (χ1v) is 13.2. The standard InChI is InChI=1S/C28H44O3/c1-2-3-4-5-6-7-8-9-10-15-28(29)31-27-14-12-11-13-26(27)24-18-20-25(21-19-24)30-22-23-16-17-23/h18-21,23,26-27H,2-17,22H2,1H3. The SMILES string of the molecule is CCCCCCCCCCCC(=O)OC1CCCCC1c1ccc(OCC2CC2)cc1. The van der Waals surface area contributed by atoms with Gasteiger partial charge >= 0.3 is 5.97 Å². The highest BCUT2D eigenvalue weighted by molar-refractivity contribution is 5.69. The summed E-state index contributed by atoms with van der Waals surface area (Å²) in [4.78, 5) is 12.5. The van der Waals surface area contributed by atoms with Crippen LogP contribution in [-0.4, -0.2) is 18.7 Å². The maximum Gasteiger partial charge on any atom is 0.306 e. The number of benzene rings is 1. The number of unbranched alkanes of at least 4 members (excludes halogenated alkanes) is 8. The van der Waals surface area contributed by atoms with Gasteiger partial charge in [-0.2, -0.15) is 0 Å². The van der Waals surface area contributed by atoms with E-state index in [4.69, 9.17) is 9.47 Å². The van der Waals surface area contributed by atoms with Crippen LogP contribution in [0.2, 0.25) is 0 Å². The van der Waals surface area contributed by atoms with Gasteiger partial charge in [0.2, 0.25) is 0 Å². The molecular weight excluding hydrogens is 384 g/mol. The Morgan fingerprint density at radius 1 is 0.839 bits per heavy atom. The molecule has 0 aromatic heterocycles. The Hall–Kier alpha value is -1.51. The van der Waals surface area contributed by atoms with Gasteiger partial charge in [0.05, 0.1) is 6.61 Å². The van der Waals surface area contributed by atoms with Gasteiger partial charge in [0, 0.05) is 12.3 Å². The quantitative estimate of drug-likeness (QED) is 0.210. The van der Waals surface area contributed by atoms with Crippen molar-refractivity contribution in [1.29, 1.82) is 0 Å². The molecule has 0 heterocycles. The van der Waals surface area contributed by atoms with Gasteiger partial charge in [-0.1, -0.05) is 76.8 Å². The molecule has 0 spiro atoms. The van der Waals surface area contributed by atoms with Crippen molar-refractivity contribution in [2.75, 3.05) is 6.61 Å².